The van der Waals surface area contributed by atoms with Crippen LogP contribution in [0.1, 0.15) is 11.1 Å². The van der Waals surface area contributed by atoms with Crippen LogP contribution in [-0.2, 0) is 17.9 Å². The van der Waals surface area contributed by atoms with Crippen LogP contribution < -0.4 is 10.1 Å². The fraction of sp³-hybridized carbons (Fsp3) is 0.167. The molecule has 1 aromatic heterocycles. The van der Waals surface area contributed by atoms with Crippen molar-refractivity contribution in [3.05, 3.63) is 77.3 Å². The normalized spacial score (nSPS) is 10.4. The average Bonchev–Trinajstić information content (AvgIpc) is 3.13. The molecule has 0 fully saturated rings. The van der Waals surface area contributed by atoms with E-state index in [2.05, 4.69) is 15.4 Å². The molecule has 2 aromatic carbocycles. The number of amides is 1. The van der Waals surface area contributed by atoms with Gasteiger partial charge in [0, 0.05) is 6.54 Å². The zero-order valence-corrected chi connectivity index (χ0v) is 14.2. The maximum atomic E-state index is 11.9. The maximum absolute atomic E-state index is 11.9. The van der Waals surface area contributed by atoms with Crippen molar-refractivity contribution in [3.63, 3.8) is 0 Å². The van der Waals surface area contributed by atoms with Gasteiger partial charge in [0.1, 0.15) is 18.4 Å². The number of ether oxygens (including phenoxy) is 1. The second-order valence-electron chi connectivity index (χ2n) is 5.41. The van der Waals surface area contributed by atoms with Gasteiger partial charge in [0.2, 0.25) is 0 Å². The number of hydrogen-bond donors (Lipinski definition) is 1. The molecule has 3 rings (SSSR count). The summed E-state index contributed by atoms with van der Waals surface area (Å²) in [6, 6.07) is 15.0. The number of carbonyl (C=O) groups is 1. The average molecular weight is 357 g/mol. The minimum Gasteiger partial charge on any atom is -0.482 e. The van der Waals surface area contributed by atoms with E-state index in [-0.39, 0.29) is 12.5 Å². The van der Waals surface area contributed by atoms with E-state index in [1.807, 2.05) is 30.3 Å². The molecule has 25 heavy (non-hydrogen) atoms. The molecule has 0 aliphatic carbocycles. The van der Waals surface area contributed by atoms with E-state index in [1.165, 1.54) is 6.33 Å². The number of nitrogens with zero attached hydrogens (tertiary/aromatic N) is 3. The van der Waals surface area contributed by atoms with E-state index in [0.29, 0.717) is 23.9 Å². The summed E-state index contributed by atoms with van der Waals surface area (Å²) in [5.41, 5.74) is 2.12. The maximum Gasteiger partial charge on any atom is 0.258 e. The van der Waals surface area contributed by atoms with Gasteiger partial charge in [0.15, 0.2) is 6.61 Å². The van der Waals surface area contributed by atoms with Crippen LogP contribution in [0.3, 0.4) is 0 Å². The Bertz CT molecular complexity index is 819. The van der Waals surface area contributed by atoms with Crippen molar-refractivity contribution in [2.75, 3.05) is 6.61 Å². The second-order valence-corrected chi connectivity index (χ2v) is 5.81. The molecule has 0 atom stereocenters. The molecule has 0 saturated carbocycles. The topological polar surface area (TPSA) is 69.0 Å². The third kappa shape index (κ3) is 5.06. The van der Waals surface area contributed by atoms with Crippen LogP contribution in [-0.4, -0.2) is 27.3 Å². The highest BCUT2D eigenvalue weighted by Gasteiger charge is 2.05. The molecule has 1 heterocycles. The lowest BCUT2D eigenvalue weighted by atomic mass is 10.1. The Labute approximate surface area is 150 Å². The Morgan fingerprint density at radius 1 is 1.12 bits per heavy atom. The van der Waals surface area contributed by atoms with Crippen LogP contribution in [0.4, 0.5) is 0 Å². The van der Waals surface area contributed by atoms with Gasteiger partial charge in [-0.1, -0.05) is 48.0 Å². The molecule has 0 radical (unpaired) electrons. The van der Waals surface area contributed by atoms with Gasteiger partial charge in [0.25, 0.3) is 5.91 Å². The highest BCUT2D eigenvalue weighted by Crippen LogP contribution is 2.22. The van der Waals surface area contributed by atoms with Crippen molar-refractivity contribution in [2.24, 2.45) is 0 Å². The number of halogens is 1. The molecule has 0 saturated heterocycles. The van der Waals surface area contributed by atoms with Crippen LogP contribution in [0, 0.1) is 0 Å². The summed E-state index contributed by atoms with van der Waals surface area (Å²) in [6.45, 7) is 1.03. The van der Waals surface area contributed by atoms with E-state index in [4.69, 9.17) is 16.3 Å². The molecule has 1 amide bonds. The molecule has 0 spiro atoms. The number of carbonyl (C=O) groups excluding carboxylic acids is 1. The van der Waals surface area contributed by atoms with Crippen molar-refractivity contribution in [2.45, 2.75) is 13.1 Å². The fourth-order valence-electron chi connectivity index (χ4n) is 2.22. The van der Waals surface area contributed by atoms with Gasteiger partial charge < -0.3 is 10.1 Å². The van der Waals surface area contributed by atoms with Crippen LogP contribution in [0.25, 0.3) is 0 Å². The van der Waals surface area contributed by atoms with Gasteiger partial charge in [-0.05, 0) is 23.3 Å². The van der Waals surface area contributed by atoms with Gasteiger partial charge in [0.05, 0.1) is 11.6 Å². The van der Waals surface area contributed by atoms with Crippen molar-refractivity contribution in [3.8, 4) is 5.75 Å². The fourth-order valence-corrected chi connectivity index (χ4v) is 2.41. The van der Waals surface area contributed by atoms with Crippen molar-refractivity contribution in [1.29, 1.82) is 0 Å². The molecule has 0 aliphatic rings. The largest absolute Gasteiger partial charge is 0.482 e. The Morgan fingerprint density at radius 2 is 1.88 bits per heavy atom. The minimum atomic E-state index is -0.202. The summed E-state index contributed by atoms with van der Waals surface area (Å²) in [4.78, 5) is 15.8. The molecule has 3 aromatic rings. The number of hydrogen-bond acceptors (Lipinski definition) is 4. The second kappa shape index (κ2) is 8.30. The van der Waals surface area contributed by atoms with Gasteiger partial charge >= 0.3 is 0 Å². The van der Waals surface area contributed by atoms with Gasteiger partial charge in [-0.25, -0.2) is 9.67 Å². The number of para-hydroxylation sites is 1. The molecule has 0 unspecified atom stereocenters. The van der Waals surface area contributed by atoms with Crippen LogP contribution in [0.15, 0.2) is 61.2 Å². The van der Waals surface area contributed by atoms with Crippen molar-refractivity contribution in [1.82, 2.24) is 20.1 Å². The minimum absolute atomic E-state index is 0.0753. The Kier molecular flexibility index (Phi) is 5.64. The molecule has 0 bridgehead atoms. The Hall–Kier alpha value is -2.86. The van der Waals surface area contributed by atoms with Crippen LogP contribution >= 0.6 is 11.6 Å². The quantitative estimate of drug-likeness (QED) is 0.706. The SMILES string of the molecule is O=C(COc1ccccc1Cl)NCc1ccc(Cn2cncn2)cc1. The van der Waals surface area contributed by atoms with Crippen molar-refractivity contribution >= 4 is 17.5 Å². The monoisotopic (exact) mass is 356 g/mol. The van der Waals surface area contributed by atoms with E-state index < -0.39 is 0 Å². The van der Waals surface area contributed by atoms with Crippen LogP contribution in [0.2, 0.25) is 5.02 Å². The molecule has 128 valence electrons. The standard InChI is InChI=1S/C18H17ClN4O2/c19-16-3-1-2-4-17(16)25-11-18(24)21-9-14-5-7-15(8-6-14)10-23-13-20-12-22-23/h1-8,12-13H,9-11H2,(H,21,24). The molecular weight excluding hydrogens is 340 g/mol. The summed E-state index contributed by atoms with van der Waals surface area (Å²) >= 11 is 5.98. The van der Waals surface area contributed by atoms with E-state index >= 15 is 0 Å². The first-order valence-corrected chi connectivity index (χ1v) is 8.13. The first-order chi connectivity index (χ1) is 12.2. The Morgan fingerprint density at radius 3 is 2.60 bits per heavy atom. The lowest BCUT2D eigenvalue weighted by Gasteiger charge is -2.09. The molecule has 1 N–H and O–H groups in total. The van der Waals surface area contributed by atoms with Gasteiger partial charge in [-0.3, -0.25) is 4.79 Å². The van der Waals surface area contributed by atoms with E-state index in [0.717, 1.165) is 11.1 Å². The molecule has 6 nitrogen and oxygen atoms in total. The van der Waals surface area contributed by atoms with Gasteiger partial charge in [-0.15, -0.1) is 0 Å². The highest BCUT2D eigenvalue weighted by molar-refractivity contribution is 6.32. The van der Waals surface area contributed by atoms with E-state index in [9.17, 15) is 4.79 Å². The molecular formula is C18H17ClN4O2. The van der Waals surface area contributed by atoms with Crippen molar-refractivity contribution < 1.29 is 9.53 Å². The summed E-state index contributed by atoms with van der Waals surface area (Å²) in [7, 11) is 0. The highest BCUT2D eigenvalue weighted by atomic mass is 35.5. The lowest BCUT2D eigenvalue weighted by molar-refractivity contribution is -0.123. The first-order valence-electron chi connectivity index (χ1n) is 7.75. The smallest absolute Gasteiger partial charge is 0.258 e. The number of nitrogens with one attached hydrogen (secondary N) is 1. The number of benzene rings is 2. The first kappa shape index (κ1) is 17.0. The predicted molar refractivity (Wildman–Crippen MR) is 94.4 cm³/mol. The summed E-state index contributed by atoms with van der Waals surface area (Å²) in [5.74, 6) is 0.295. The van der Waals surface area contributed by atoms with Crippen LogP contribution in [0.5, 0.6) is 5.75 Å². The van der Waals surface area contributed by atoms with Gasteiger partial charge in [-0.2, -0.15) is 5.10 Å². The lowest BCUT2D eigenvalue weighted by Crippen LogP contribution is -2.28. The molecule has 7 heteroatoms. The third-order valence-electron chi connectivity index (χ3n) is 3.52. The predicted octanol–water partition coefficient (Wildman–Crippen LogP) is 2.68. The van der Waals surface area contributed by atoms with E-state index in [1.54, 1.807) is 29.2 Å². The summed E-state index contributed by atoms with van der Waals surface area (Å²) in [5, 5.41) is 7.37. The summed E-state index contributed by atoms with van der Waals surface area (Å²) in [6.07, 6.45) is 3.18. The number of rotatable bonds is 7. The Balaban J connectivity index is 1.45. The zero-order valence-electron chi connectivity index (χ0n) is 13.4. The summed E-state index contributed by atoms with van der Waals surface area (Å²) < 4.78 is 7.16. The third-order valence-corrected chi connectivity index (χ3v) is 3.83. The molecule has 0 aliphatic heterocycles. The number of aromatic nitrogens is 3. The zero-order chi connectivity index (χ0) is 17.5.